The van der Waals surface area contributed by atoms with Gasteiger partial charge in [0.1, 0.15) is 5.60 Å². The van der Waals surface area contributed by atoms with Crippen molar-refractivity contribution in [1.29, 1.82) is 0 Å². The van der Waals surface area contributed by atoms with Crippen LogP contribution in [0, 0.1) is 0 Å². The molecule has 0 spiro atoms. The highest BCUT2D eigenvalue weighted by atomic mass is 32.3. The van der Waals surface area contributed by atoms with Gasteiger partial charge in [0.25, 0.3) is 5.60 Å². The van der Waals surface area contributed by atoms with Gasteiger partial charge in [0.2, 0.25) is 0 Å². The van der Waals surface area contributed by atoms with Crippen LogP contribution in [0.25, 0.3) is 0 Å². The summed E-state index contributed by atoms with van der Waals surface area (Å²) in [5, 5.41) is 0. The predicted octanol–water partition coefficient (Wildman–Crippen LogP) is 3.90. The van der Waals surface area contributed by atoms with Crippen molar-refractivity contribution < 1.29 is 31.7 Å². The molecule has 1 fully saturated rings. The van der Waals surface area contributed by atoms with Crippen molar-refractivity contribution in [2.24, 2.45) is 0 Å². The average Bonchev–Trinajstić information content (AvgIpc) is 2.81. The maximum atomic E-state index is 13.9. The van der Waals surface area contributed by atoms with E-state index >= 15 is 0 Å². The molecule has 1 atom stereocenters. The Kier molecular flexibility index (Phi) is 6.49. The Morgan fingerprint density at radius 2 is 1.64 bits per heavy atom. The van der Waals surface area contributed by atoms with Crippen molar-refractivity contribution in [3.63, 3.8) is 0 Å². The van der Waals surface area contributed by atoms with Crippen LogP contribution < -0.4 is 0 Å². The Morgan fingerprint density at radius 1 is 1.16 bits per heavy atom. The van der Waals surface area contributed by atoms with E-state index in [-0.39, 0.29) is 0 Å². The number of amides is 1. The molecule has 1 saturated heterocycles. The lowest BCUT2D eigenvalue weighted by Crippen LogP contribution is -2.55. The van der Waals surface area contributed by atoms with Crippen molar-refractivity contribution in [2.75, 3.05) is 30.3 Å². The van der Waals surface area contributed by atoms with Crippen LogP contribution in [0.4, 0.5) is 18.0 Å². The summed E-state index contributed by atoms with van der Waals surface area (Å²) in [6, 6.07) is 0. The van der Waals surface area contributed by atoms with Gasteiger partial charge in [-0.1, -0.05) is 20.8 Å². The number of nitrogens with zero attached hydrogens (tertiary/aromatic N) is 1. The number of ketones is 1. The summed E-state index contributed by atoms with van der Waals surface area (Å²) >= 11 is 0. The molecule has 0 bridgehead atoms. The van der Waals surface area contributed by atoms with Crippen LogP contribution in [-0.2, 0) is 13.7 Å². The first-order valence-corrected chi connectivity index (χ1v) is 10.4. The fourth-order valence-corrected chi connectivity index (χ4v) is 5.05. The average molecular weight is 387 g/mol. The van der Waals surface area contributed by atoms with Crippen LogP contribution in [0.1, 0.15) is 41.5 Å². The largest absolute Gasteiger partial charge is 0.444 e. The van der Waals surface area contributed by atoms with E-state index in [1.54, 1.807) is 41.5 Å². The van der Waals surface area contributed by atoms with Gasteiger partial charge < -0.3 is 8.92 Å². The summed E-state index contributed by atoms with van der Waals surface area (Å²) < 4.78 is 52.3. The SMILES string of the molecule is CCS(CC)(CC)OC1(C(F)(F)F)CN(C(=O)OC(C)(C)C)CC1=O. The normalized spacial score (nSPS) is 23.1. The molecule has 25 heavy (non-hydrogen) atoms. The van der Waals surface area contributed by atoms with E-state index in [1.165, 1.54) is 0 Å². The minimum absolute atomic E-state index is 0.414. The second-order valence-electron chi connectivity index (χ2n) is 7.00. The minimum Gasteiger partial charge on any atom is -0.444 e. The third-order valence-corrected chi connectivity index (χ3v) is 8.00. The minimum atomic E-state index is -4.90. The van der Waals surface area contributed by atoms with Crippen LogP contribution in [-0.4, -0.2) is 64.5 Å². The van der Waals surface area contributed by atoms with Crippen molar-refractivity contribution in [1.82, 2.24) is 4.90 Å². The van der Waals surface area contributed by atoms with Crippen molar-refractivity contribution in [2.45, 2.75) is 58.9 Å². The molecule has 0 aliphatic carbocycles. The number of ether oxygens (including phenoxy) is 1. The highest BCUT2D eigenvalue weighted by Gasteiger charge is 2.68. The number of carbonyl (C=O) groups excluding carboxylic acids is 2. The Bertz CT molecular complexity index is 506. The first-order valence-electron chi connectivity index (χ1n) is 8.30. The van der Waals surface area contributed by atoms with Gasteiger partial charge >= 0.3 is 12.3 Å². The van der Waals surface area contributed by atoms with Crippen LogP contribution in [0.15, 0.2) is 0 Å². The molecule has 0 aromatic heterocycles. The molecule has 0 aromatic rings. The molecule has 1 heterocycles. The third kappa shape index (κ3) is 4.61. The van der Waals surface area contributed by atoms with Crippen LogP contribution in [0.2, 0.25) is 0 Å². The van der Waals surface area contributed by atoms with Gasteiger partial charge in [-0.15, -0.1) is 10.3 Å². The Morgan fingerprint density at radius 3 is 2.00 bits per heavy atom. The number of hydrogen-bond donors (Lipinski definition) is 0. The Balaban J connectivity index is 3.20. The van der Waals surface area contributed by atoms with Crippen LogP contribution in [0.5, 0.6) is 0 Å². The van der Waals surface area contributed by atoms with Crippen molar-refractivity contribution in [3.8, 4) is 0 Å². The molecule has 1 aliphatic rings. The standard InChI is InChI=1S/C16H28F3NO4S/c1-7-25(8-2,9-3)24-15(16(17,18)19)11-20(10-12(15)21)13(22)23-14(4,5)6/h7-11H2,1-6H3. The third-order valence-electron chi connectivity index (χ3n) is 4.21. The molecule has 1 unspecified atom stereocenters. The van der Waals surface area contributed by atoms with E-state index in [2.05, 4.69) is 0 Å². The Hall–Kier alpha value is -0.960. The summed E-state index contributed by atoms with van der Waals surface area (Å²) in [4.78, 5) is 25.3. The lowest BCUT2D eigenvalue weighted by Gasteiger charge is -2.44. The summed E-state index contributed by atoms with van der Waals surface area (Å²) in [6.45, 7) is 8.58. The van der Waals surface area contributed by atoms with E-state index in [0.29, 0.717) is 17.3 Å². The second-order valence-corrected chi connectivity index (χ2v) is 10.8. The van der Waals surface area contributed by atoms with E-state index in [1.807, 2.05) is 0 Å². The molecular formula is C16H28F3NO4S. The maximum absolute atomic E-state index is 13.9. The summed E-state index contributed by atoms with van der Waals surface area (Å²) in [6.07, 6.45) is -5.85. The first kappa shape index (κ1) is 22.1. The molecule has 1 rings (SSSR count). The molecule has 0 saturated carbocycles. The van der Waals surface area contributed by atoms with Crippen LogP contribution in [0.3, 0.4) is 0 Å². The zero-order valence-corrected chi connectivity index (χ0v) is 16.5. The zero-order chi connectivity index (χ0) is 19.7. The molecule has 1 amide bonds. The highest BCUT2D eigenvalue weighted by molar-refractivity contribution is 8.29. The van der Waals surface area contributed by atoms with Gasteiger partial charge in [-0.3, -0.25) is 9.69 Å². The number of carbonyl (C=O) groups is 2. The van der Waals surface area contributed by atoms with Gasteiger partial charge in [-0.25, -0.2) is 4.79 Å². The van der Waals surface area contributed by atoms with Crippen molar-refractivity contribution in [3.05, 3.63) is 0 Å². The number of rotatable bonds is 5. The van der Waals surface area contributed by atoms with E-state index < -0.39 is 52.7 Å². The van der Waals surface area contributed by atoms with Gasteiger partial charge in [-0.2, -0.15) is 13.2 Å². The molecule has 0 radical (unpaired) electrons. The van der Waals surface area contributed by atoms with E-state index in [0.717, 1.165) is 4.90 Å². The quantitative estimate of drug-likeness (QED) is 0.718. The molecule has 1 aliphatic heterocycles. The van der Waals surface area contributed by atoms with Gasteiger partial charge in [-0.05, 0) is 38.0 Å². The smallest absolute Gasteiger partial charge is 0.427 e. The maximum Gasteiger partial charge on any atom is 0.427 e. The highest BCUT2D eigenvalue weighted by Crippen LogP contribution is 2.56. The zero-order valence-electron chi connectivity index (χ0n) is 15.7. The number of Topliss-reactive ketones (excluding diaryl/α,β-unsaturated/α-hetero) is 1. The van der Waals surface area contributed by atoms with Crippen molar-refractivity contribution >= 4 is 22.2 Å². The Labute approximate surface area is 148 Å². The van der Waals surface area contributed by atoms with Gasteiger partial charge in [0, 0.05) is 0 Å². The molecule has 0 N–H and O–H groups in total. The number of likely N-dealkylation sites (tertiary alicyclic amines) is 1. The first-order chi connectivity index (χ1) is 11.3. The monoisotopic (exact) mass is 387 g/mol. The topological polar surface area (TPSA) is 55.8 Å². The number of alkyl halides is 3. The number of halogens is 3. The number of hydrogen-bond acceptors (Lipinski definition) is 4. The second kappa shape index (κ2) is 7.34. The molecule has 5 nitrogen and oxygen atoms in total. The van der Waals surface area contributed by atoms with Crippen LogP contribution >= 0.6 is 10.3 Å². The molecule has 148 valence electrons. The summed E-state index contributed by atoms with van der Waals surface area (Å²) in [7, 11) is -2.07. The fraction of sp³-hybridized carbons (Fsp3) is 0.875. The molecule has 9 heteroatoms. The summed E-state index contributed by atoms with van der Waals surface area (Å²) in [5.74, 6) is 0.102. The van der Waals surface area contributed by atoms with E-state index in [4.69, 9.17) is 8.92 Å². The lowest BCUT2D eigenvalue weighted by atomic mass is 10.0. The van der Waals surface area contributed by atoms with Gasteiger partial charge in [0.15, 0.2) is 5.78 Å². The lowest BCUT2D eigenvalue weighted by molar-refractivity contribution is -0.232. The molecule has 0 aromatic carbocycles. The predicted molar refractivity (Wildman–Crippen MR) is 91.9 cm³/mol. The van der Waals surface area contributed by atoms with Gasteiger partial charge in [0.05, 0.1) is 13.1 Å². The molecular weight excluding hydrogens is 359 g/mol. The van der Waals surface area contributed by atoms with E-state index in [9.17, 15) is 22.8 Å². The summed E-state index contributed by atoms with van der Waals surface area (Å²) in [5.41, 5.74) is -3.84. The fourth-order valence-electron chi connectivity index (χ4n) is 2.63.